The number of nitro benzene ring substituents is 1. The average Bonchev–Trinajstić information content (AvgIpc) is 2.89. The number of hydrogen-bond donors (Lipinski definition) is 1. The molecule has 0 aliphatic carbocycles. The van der Waals surface area contributed by atoms with Crippen molar-refractivity contribution in [3.05, 3.63) is 51.3 Å². The van der Waals surface area contributed by atoms with Crippen molar-refractivity contribution in [2.75, 3.05) is 0 Å². The Morgan fingerprint density at radius 2 is 2.05 bits per heavy atom. The summed E-state index contributed by atoms with van der Waals surface area (Å²) in [5, 5.41) is 15.6. The number of benzene rings is 1. The lowest BCUT2D eigenvalue weighted by Crippen LogP contribution is -2.13. The van der Waals surface area contributed by atoms with E-state index in [2.05, 4.69) is 5.10 Å². The summed E-state index contributed by atoms with van der Waals surface area (Å²) in [4.78, 5) is 22.0. The standard InChI is InChI=1S/C14H16N4O3/c1-3-10-8-11(4-2)17(16-10)13-7-9(14(15)19)5-6-12(13)18(20)21/h5-8H,3-4H2,1-2H3,(H2,15,19). The first-order valence-corrected chi connectivity index (χ1v) is 6.64. The number of primary amides is 1. The Labute approximate surface area is 121 Å². The van der Waals surface area contributed by atoms with Crippen LogP contribution in [0.25, 0.3) is 5.69 Å². The van der Waals surface area contributed by atoms with Crippen molar-refractivity contribution in [1.29, 1.82) is 0 Å². The molecule has 110 valence electrons. The molecule has 0 aliphatic rings. The number of hydrogen-bond acceptors (Lipinski definition) is 4. The van der Waals surface area contributed by atoms with Gasteiger partial charge in [0.15, 0.2) is 0 Å². The van der Waals surface area contributed by atoms with E-state index in [-0.39, 0.29) is 16.9 Å². The van der Waals surface area contributed by atoms with Crippen LogP contribution < -0.4 is 5.73 Å². The number of nitrogens with two attached hydrogens (primary N) is 1. The molecule has 7 heteroatoms. The summed E-state index contributed by atoms with van der Waals surface area (Å²) in [5.74, 6) is -0.632. The first-order chi connectivity index (χ1) is 9.97. The molecule has 0 saturated carbocycles. The van der Waals surface area contributed by atoms with Crippen LogP contribution in [-0.4, -0.2) is 20.6 Å². The highest BCUT2D eigenvalue weighted by molar-refractivity contribution is 5.93. The van der Waals surface area contributed by atoms with E-state index in [1.165, 1.54) is 22.9 Å². The third kappa shape index (κ3) is 2.76. The molecular weight excluding hydrogens is 272 g/mol. The van der Waals surface area contributed by atoms with Crippen molar-refractivity contribution in [2.24, 2.45) is 5.73 Å². The Hall–Kier alpha value is -2.70. The molecule has 1 amide bonds. The molecule has 0 aliphatic heterocycles. The van der Waals surface area contributed by atoms with E-state index >= 15 is 0 Å². The van der Waals surface area contributed by atoms with Gasteiger partial charge in [-0.15, -0.1) is 0 Å². The molecule has 2 rings (SSSR count). The third-order valence-electron chi connectivity index (χ3n) is 3.24. The van der Waals surface area contributed by atoms with Gasteiger partial charge in [0, 0.05) is 17.3 Å². The molecule has 21 heavy (non-hydrogen) atoms. The fourth-order valence-corrected chi connectivity index (χ4v) is 2.11. The fraction of sp³-hybridized carbons (Fsp3) is 0.286. The van der Waals surface area contributed by atoms with E-state index in [4.69, 9.17) is 5.73 Å². The van der Waals surface area contributed by atoms with Gasteiger partial charge >= 0.3 is 0 Å². The van der Waals surface area contributed by atoms with E-state index in [0.717, 1.165) is 17.8 Å². The van der Waals surface area contributed by atoms with Crippen molar-refractivity contribution in [3.63, 3.8) is 0 Å². The summed E-state index contributed by atoms with van der Waals surface area (Å²) in [6.07, 6.45) is 1.40. The number of rotatable bonds is 5. The van der Waals surface area contributed by atoms with E-state index in [1.807, 2.05) is 19.9 Å². The van der Waals surface area contributed by atoms with Crippen LogP contribution in [0, 0.1) is 10.1 Å². The average molecular weight is 288 g/mol. The maximum Gasteiger partial charge on any atom is 0.294 e. The molecule has 1 heterocycles. The van der Waals surface area contributed by atoms with Gasteiger partial charge in [-0.2, -0.15) is 5.10 Å². The summed E-state index contributed by atoms with van der Waals surface area (Å²) in [5.41, 5.74) is 7.29. The van der Waals surface area contributed by atoms with Crippen LogP contribution in [0.5, 0.6) is 0 Å². The Kier molecular flexibility index (Phi) is 4.02. The maximum atomic E-state index is 11.3. The SMILES string of the molecule is CCc1cc(CC)n(-c2cc(C(N)=O)ccc2[N+](=O)[O-])n1. The lowest BCUT2D eigenvalue weighted by atomic mass is 10.1. The highest BCUT2D eigenvalue weighted by Gasteiger charge is 2.20. The summed E-state index contributed by atoms with van der Waals surface area (Å²) in [7, 11) is 0. The second-order valence-corrected chi connectivity index (χ2v) is 4.57. The van der Waals surface area contributed by atoms with Crippen LogP contribution in [0.1, 0.15) is 35.6 Å². The molecule has 2 aromatic rings. The number of aryl methyl sites for hydroxylation is 2. The van der Waals surface area contributed by atoms with Gasteiger partial charge in [0.2, 0.25) is 5.91 Å². The maximum absolute atomic E-state index is 11.3. The van der Waals surface area contributed by atoms with E-state index < -0.39 is 10.8 Å². The van der Waals surface area contributed by atoms with Gasteiger partial charge in [0.05, 0.1) is 10.6 Å². The smallest absolute Gasteiger partial charge is 0.294 e. The van der Waals surface area contributed by atoms with Crippen LogP contribution in [0.3, 0.4) is 0 Å². The molecule has 0 unspecified atom stereocenters. The minimum atomic E-state index is -0.632. The Morgan fingerprint density at radius 3 is 2.57 bits per heavy atom. The molecule has 7 nitrogen and oxygen atoms in total. The van der Waals surface area contributed by atoms with Gasteiger partial charge in [-0.3, -0.25) is 14.9 Å². The van der Waals surface area contributed by atoms with Crippen molar-refractivity contribution in [3.8, 4) is 5.69 Å². The van der Waals surface area contributed by atoms with Gasteiger partial charge in [0.1, 0.15) is 5.69 Å². The first kappa shape index (κ1) is 14.7. The van der Waals surface area contributed by atoms with Crippen molar-refractivity contribution in [2.45, 2.75) is 26.7 Å². The van der Waals surface area contributed by atoms with Gasteiger partial charge in [-0.25, -0.2) is 4.68 Å². The molecule has 0 saturated heterocycles. The number of nitro groups is 1. The van der Waals surface area contributed by atoms with Crippen molar-refractivity contribution >= 4 is 11.6 Å². The molecule has 1 aromatic carbocycles. The van der Waals surface area contributed by atoms with Crippen LogP contribution in [0.15, 0.2) is 24.3 Å². The Morgan fingerprint density at radius 1 is 1.33 bits per heavy atom. The van der Waals surface area contributed by atoms with Gasteiger partial charge in [0.25, 0.3) is 5.69 Å². The van der Waals surface area contributed by atoms with Crippen LogP contribution >= 0.6 is 0 Å². The van der Waals surface area contributed by atoms with Crippen LogP contribution in [0.4, 0.5) is 5.69 Å². The Balaban J connectivity index is 2.70. The predicted molar refractivity (Wildman–Crippen MR) is 77.5 cm³/mol. The zero-order valence-electron chi connectivity index (χ0n) is 11.9. The second kappa shape index (κ2) is 5.74. The highest BCUT2D eigenvalue weighted by atomic mass is 16.6. The van der Waals surface area contributed by atoms with Crippen molar-refractivity contribution < 1.29 is 9.72 Å². The summed E-state index contributed by atoms with van der Waals surface area (Å²) >= 11 is 0. The highest BCUT2D eigenvalue weighted by Crippen LogP contribution is 2.25. The predicted octanol–water partition coefficient (Wildman–Crippen LogP) is 2.00. The van der Waals surface area contributed by atoms with Gasteiger partial charge in [-0.1, -0.05) is 13.8 Å². The third-order valence-corrected chi connectivity index (χ3v) is 3.24. The molecular formula is C14H16N4O3. The van der Waals surface area contributed by atoms with E-state index in [1.54, 1.807) is 0 Å². The van der Waals surface area contributed by atoms with Crippen LogP contribution in [-0.2, 0) is 12.8 Å². The topological polar surface area (TPSA) is 104 Å². The molecule has 0 fully saturated rings. The number of carbonyl (C=O) groups is 1. The molecule has 2 N–H and O–H groups in total. The number of aromatic nitrogens is 2. The Bertz CT molecular complexity index is 706. The zero-order valence-corrected chi connectivity index (χ0v) is 11.9. The quantitative estimate of drug-likeness (QED) is 0.671. The summed E-state index contributed by atoms with van der Waals surface area (Å²) in [6, 6.07) is 5.94. The molecule has 0 spiro atoms. The minimum Gasteiger partial charge on any atom is -0.366 e. The van der Waals surface area contributed by atoms with Crippen molar-refractivity contribution in [1.82, 2.24) is 9.78 Å². The fourth-order valence-electron chi connectivity index (χ4n) is 2.11. The molecule has 0 bridgehead atoms. The van der Waals surface area contributed by atoms with Gasteiger partial charge < -0.3 is 5.73 Å². The minimum absolute atomic E-state index is 0.111. The molecule has 0 atom stereocenters. The number of carbonyl (C=O) groups excluding carboxylic acids is 1. The number of nitrogens with zero attached hydrogens (tertiary/aromatic N) is 3. The first-order valence-electron chi connectivity index (χ1n) is 6.64. The largest absolute Gasteiger partial charge is 0.366 e. The lowest BCUT2D eigenvalue weighted by molar-refractivity contribution is -0.384. The summed E-state index contributed by atoms with van der Waals surface area (Å²) < 4.78 is 1.52. The molecule has 1 aromatic heterocycles. The normalized spacial score (nSPS) is 10.6. The lowest BCUT2D eigenvalue weighted by Gasteiger charge is -2.08. The zero-order chi connectivity index (χ0) is 15.6. The van der Waals surface area contributed by atoms with Gasteiger partial charge in [-0.05, 0) is 31.0 Å². The molecule has 0 radical (unpaired) electrons. The van der Waals surface area contributed by atoms with E-state index in [0.29, 0.717) is 6.42 Å². The second-order valence-electron chi connectivity index (χ2n) is 4.57. The monoisotopic (exact) mass is 288 g/mol. The van der Waals surface area contributed by atoms with E-state index in [9.17, 15) is 14.9 Å². The number of amides is 1. The van der Waals surface area contributed by atoms with Crippen LogP contribution in [0.2, 0.25) is 0 Å². The summed E-state index contributed by atoms with van der Waals surface area (Å²) in [6.45, 7) is 3.90.